The summed E-state index contributed by atoms with van der Waals surface area (Å²) >= 11 is 0. The smallest absolute Gasteiger partial charge is 0.296 e. The number of H-pyrrole nitrogens is 2. The fourth-order valence-corrected chi connectivity index (χ4v) is 13.1. The number of fused-ring (bicyclic) bond motifs is 2. The Morgan fingerprint density at radius 1 is 0.947 bits per heavy atom. The Morgan fingerprint density at radius 2 is 1.73 bits per heavy atom. The second-order valence-corrected chi connectivity index (χ2v) is 22.7. The van der Waals surface area contributed by atoms with Crippen LogP contribution in [0.25, 0.3) is 22.1 Å². The summed E-state index contributed by atoms with van der Waals surface area (Å²) in [6.45, 7) is 11.7. The molecule has 3 aromatic heterocycles. The minimum atomic E-state index is -4.74. The van der Waals surface area contributed by atoms with Gasteiger partial charge in [0.15, 0.2) is 0 Å². The molecule has 1 saturated carbocycles. The monoisotopic (exact) mass is 1040 g/mol. The number of imidazole rings is 1. The summed E-state index contributed by atoms with van der Waals surface area (Å²) in [4.78, 5) is 48.1. The molecule has 3 saturated heterocycles. The number of hydrogen-bond donors (Lipinski definition) is 4. The average Bonchev–Trinajstić information content (AvgIpc) is 4.11. The van der Waals surface area contributed by atoms with Crippen LogP contribution in [0.1, 0.15) is 91.4 Å². The normalized spacial score (nSPS) is 18.9. The Morgan fingerprint density at radius 3 is 2.49 bits per heavy atom. The van der Waals surface area contributed by atoms with Crippen LogP contribution in [0.15, 0.2) is 109 Å². The van der Waals surface area contributed by atoms with Crippen molar-refractivity contribution in [2.45, 2.75) is 81.8 Å². The van der Waals surface area contributed by atoms with Gasteiger partial charge in [-0.1, -0.05) is 50.2 Å². The first kappa shape index (κ1) is 50.1. The highest BCUT2D eigenvalue weighted by Gasteiger charge is 2.50. The van der Waals surface area contributed by atoms with Gasteiger partial charge < -0.3 is 34.4 Å². The molecule has 1 aliphatic carbocycles. The highest BCUT2D eigenvalue weighted by Crippen LogP contribution is 2.53. The van der Waals surface area contributed by atoms with Crippen molar-refractivity contribution in [2.24, 2.45) is 11.3 Å². The zero-order chi connectivity index (χ0) is 51.8. The Balaban J connectivity index is 0.807. The number of nitro benzene ring substituents is 1. The molecule has 1 amide bonds. The SMILES string of the molecule is COc1ccc(CN2CCN(C3CC4(CCN(c5ccc(C(=O)NS(=O)(=O)c6cc([N+](=O)[O-])c(NCC7CCOCC7)c7[nH]cnc67)c(Oc6cnc7[nH]ccc7c6)c5)CC4)C3)[C@H](c3ccccc3C(C)C)C2)cc1. The van der Waals surface area contributed by atoms with Crippen LogP contribution < -0.4 is 24.4 Å². The maximum absolute atomic E-state index is 14.3. The number of ether oxygens (including phenoxy) is 3. The lowest BCUT2D eigenvalue weighted by molar-refractivity contribution is -0.384. The number of rotatable bonds is 16. The van der Waals surface area contributed by atoms with Gasteiger partial charge in [0.05, 0.1) is 35.6 Å². The number of benzene rings is 4. The van der Waals surface area contributed by atoms with Crippen molar-refractivity contribution in [3.8, 4) is 17.2 Å². The summed E-state index contributed by atoms with van der Waals surface area (Å²) in [5, 5.41) is 16.5. The van der Waals surface area contributed by atoms with E-state index in [0.717, 1.165) is 101 Å². The molecule has 4 N–H and O–H groups in total. The zero-order valence-corrected chi connectivity index (χ0v) is 43.4. The molecular weight excluding hydrogens is 973 g/mol. The number of aromatic amines is 2. The average molecular weight is 1040 g/mol. The number of methoxy groups -OCH3 is 1. The van der Waals surface area contributed by atoms with Crippen molar-refractivity contribution in [3.63, 3.8) is 0 Å². The summed E-state index contributed by atoms with van der Waals surface area (Å²) in [5.41, 5.74) is 5.55. The van der Waals surface area contributed by atoms with Crippen LogP contribution in [-0.4, -0.2) is 115 Å². The van der Waals surface area contributed by atoms with E-state index in [1.54, 1.807) is 37.7 Å². The lowest BCUT2D eigenvalue weighted by atomic mass is 9.59. The van der Waals surface area contributed by atoms with Gasteiger partial charge in [0, 0.05) is 101 Å². The standard InChI is InChI=1S/C56H64N10O8S/c1-36(2)44-6-4-5-7-45(44)48-34-63(33-38-8-11-42(72-3)12-9-38)22-23-65(48)41-29-56(30-41)17-20-64(21-18-56)40-10-13-46(49(27-40)74-43-26-39-14-19-57-54(39)59-32-43)55(67)62-75(70,71)50-28-47(66(68)69)51(53-52(50)60-35-61-53)58-31-37-15-24-73-25-16-37/h4-14,19,26-28,32,35-37,41,48,58H,15-18,20-25,29-31,33-34H2,1-3H3,(H,57,59)(H,60,61)(H,62,67)/t48-/m0/s1. The number of piperidine rings is 1. The Hall–Kier alpha value is -7.06. The third-order valence-electron chi connectivity index (χ3n) is 16.1. The van der Waals surface area contributed by atoms with E-state index in [-0.39, 0.29) is 45.4 Å². The molecule has 1 spiro atoms. The number of aromatic nitrogens is 4. The van der Waals surface area contributed by atoms with Gasteiger partial charge in [0.1, 0.15) is 39.0 Å². The van der Waals surface area contributed by atoms with Crippen LogP contribution in [0.4, 0.5) is 17.1 Å². The van der Waals surface area contributed by atoms with Gasteiger partial charge >= 0.3 is 0 Å². The van der Waals surface area contributed by atoms with Gasteiger partial charge in [-0.15, -0.1) is 0 Å². The number of carbonyl (C=O) groups excluding carboxylic acids is 1. The van der Waals surface area contributed by atoms with Crippen molar-refractivity contribution in [1.29, 1.82) is 0 Å². The highest BCUT2D eigenvalue weighted by atomic mass is 32.2. The lowest BCUT2D eigenvalue weighted by Gasteiger charge is -2.58. The molecule has 1 atom stereocenters. The minimum absolute atomic E-state index is 0.0478. The molecule has 4 aromatic carbocycles. The molecule has 4 aliphatic rings. The summed E-state index contributed by atoms with van der Waals surface area (Å²) in [7, 11) is -3.04. The molecule has 0 bridgehead atoms. The van der Waals surface area contributed by atoms with Gasteiger partial charge in [-0.3, -0.25) is 24.7 Å². The quantitative estimate of drug-likeness (QED) is 0.0524. The minimum Gasteiger partial charge on any atom is -0.497 e. The molecule has 11 rings (SSSR count). The van der Waals surface area contributed by atoms with Gasteiger partial charge in [-0.2, -0.15) is 0 Å². The number of anilines is 2. The molecule has 0 unspecified atom stereocenters. The van der Waals surface area contributed by atoms with Crippen molar-refractivity contribution in [3.05, 3.63) is 136 Å². The largest absolute Gasteiger partial charge is 0.497 e. The Bertz CT molecular complexity index is 3320. The predicted octanol–water partition coefficient (Wildman–Crippen LogP) is 9.54. The van der Waals surface area contributed by atoms with E-state index in [2.05, 4.69) is 94.9 Å². The number of piperazine rings is 1. The number of nitrogens with one attached hydrogen (secondary N) is 4. The number of hydrogen-bond acceptors (Lipinski definition) is 14. The van der Waals surface area contributed by atoms with Gasteiger partial charge in [0.2, 0.25) is 0 Å². The van der Waals surface area contributed by atoms with Crippen LogP contribution in [0.2, 0.25) is 0 Å². The molecule has 7 aromatic rings. The fourth-order valence-electron chi connectivity index (χ4n) is 12.0. The number of amides is 1. The van der Waals surface area contributed by atoms with E-state index >= 15 is 0 Å². The number of sulfonamides is 1. The molecule has 18 nitrogen and oxygen atoms in total. The summed E-state index contributed by atoms with van der Waals surface area (Å²) in [6.07, 6.45) is 10.5. The van der Waals surface area contributed by atoms with E-state index in [1.807, 2.05) is 24.3 Å². The molecule has 75 heavy (non-hydrogen) atoms. The third kappa shape index (κ3) is 10.4. The van der Waals surface area contributed by atoms with Crippen molar-refractivity contribution < 1.29 is 32.3 Å². The number of carbonyl (C=O) groups is 1. The van der Waals surface area contributed by atoms with E-state index in [0.29, 0.717) is 43.1 Å². The van der Waals surface area contributed by atoms with Gasteiger partial charge in [-0.25, -0.2) is 23.1 Å². The molecule has 19 heteroatoms. The van der Waals surface area contributed by atoms with Crippen molar-refractivity contribution in [1.82, 2.24) is 34.5 Å². The fraction of sp³-hybridized carbons (Fsp3) is 0.411. The molecule has 4 fully saturated rings. The second-order valence-electron chi connectivity index (χ2n) is 21.1. The zero-order valence-electron chi connectivity index (χ0n) is 42.6. The summed E-state index contributed by atoms with van der Waals surface area (Å²) in [6, 6.07) is 28.0. The van der Waals surface area contributed by atoms with Gasteiger partial charge in [-0.05, 0) is 109 Å². The summed E-state index contributed by atoms with van der Waals surface area (Å²) in [5.74, 6) is 0.997. The third-order valence-corrected chi connectivity index (χ3v) is 17.5. The molecule has 6 heterocycles. The van der Waals surface area contributed by atoms with E-state index in [1.165, 1.54) is 23.0 Å². The molecule has 0 radical (unpaired) electrons. The first-order chi connectivity index (χ1) is 36.3. The number of nitrogens with zero attached hydrogens (tertiary/aromatic N) is 6. The molecular formula is C56H64N10O8S. The van der Waals surface area contributed by atoms with Crippen LogP contribution in [0.5, 0.6) is 17.2 Å². The van der Waals surface area contributed by atoms with Gasteiger partial charge in [0.25, 0.3) is 21.6 Å². The lowest BCUT2D eigenvalue weighted by Crippen LogP contribution is -2.60. The Labute approximate surface area is 436 Å². The van der Waals surface area contributed by atoms with Crippen molar-refractivity contribution in [2.75, 3.05) is 69.8 Å². The second kappa shape index (κ2) is 20.9. The maximum atomic E-state index is 14.3. The van der Waals surface area contributed by atoms with Crippen LogP contribution in [-0.2, 0) is 21.3 Å². The number of nitro groups is 1. The first-order valence-corrected chi connectivity index (χ1v) is 27.5. The van der Waals surface area contributed by atoms with Crippen molar-refractivity contribution >= 4 is 55.1 Å². The summed E-state index contributed by atoms with van der Waals surface area (Å²) < 4.78 is 48.0. The van der Waals surface area contributed by atoms with E-state index in [4.69, 9.17) is 14.2 Å². The maximum Gasteiger partial charge on any atom is 0.296 e. The predicted molar refractivity (Wildman–Crippen MR) is 287 cm³/mol. The molecule has 3 aliphatic heterocycles. The van der Waals surface area contributed by atoms with E-state index < -0.39 is 31.4 Å². The first-order valence-electron chi connectivity index (χ1n) is 26.1. The number of pyridine rings is 1. The Kier molecular flexibility index (Phi) is 14.0. The highest BCUT2D eigenvalue weighted by molar-refractivity contribution is 7.90. The van der Waals surface area contributed by atoms with Crippen LogP contribution in [0.3, 0.4) is 0 Å². The topological polar surface area (TPSA) is 213 Å². The van der Waals surface area contributed by atoms with E-state index in [9.17, 15) is 23.3 Å². The molecule has 392 valence electrons. The van der Waals surface area contributed by atoms with Crippen LogP contribution >= 0.6 is 0 Å². The van der Waals surface area contributed by atoms with Crippen LogP contribution in [0, 0.1) is 21.4 Å².